The van der Waals surface area contributed by atoms with E-state index in [9.17, 15) is 9.59 Å². The average molecular weight is 264 g/mol. The van der Waals surface area contributed by atoms with E-state index in [4.69, 9.17) is 0 Å². The van der Waals surface area contributed by atoms with E-state index in [2.05, 4.69) is 15.4 Å². The molecular formula is C14H20N2O3. The largest absolute Gasteiger partial charge is 0.465 e. The summed E-state index contributed by atoms with van der Waals surface area (Å²) in [6.45, 7) is 3.24. The number of nitrogens with one attached hydrogen (secondary N) is 2. The molecule has 0 spiro atoms. The number of hydrogen-bond acceptors (Lipinski definition) is 4. The number of benzene rings is 1. The van der Waals surface area contributed by atoms with Crippen LogP contribution < -0.4 is 10.6 Å². The van der Waals surface area contributed by atoms with Gasteiger partial charge in [-0.1, -0.05) is 13.0 Å². The number of rotatable bonds is 7. The minimum atomic E-state index is -0.371. The highest BCUT2D eigenvalue weighted by Gasteiger charge is 2.05. The van der Waals surface area contributed by atoms with Gasteiger partial charge in [0, 0.05) is 25.2 Å². The van der Waals surface area contributed by atoms with Gasteiger partial charge in [-0.3, -0.25) is 4.79 Å². The summed E-state index contributed by atoms with van der Waals surface area (Å²) in [6.07, 6.45) is 1.34. The molecule has 2 N–H and O–H groups in total. The molecule has 1 rings (SSSR count). The lowest BCUT2D eigenvalue weighted by atomic mass is 10.2. The molecule has 0 saturated carbocycles. The number of amides is 1. The summed E-state index contributed by atoms with van der Waals surface area (Å²) >= 11 is 0. The van der Waals surface area contributed by atoms with Crippen molar-refractivity contribution in [2.45, 2.75) is 19.8 Å². The van der Waals surface area contributed by atoms with Gasteiger partial charge in [0.25, 0.3) is 0 Å². The van der Waals surface area contributed by atoms with Gasteiger partial charge in [0.15, 0.2) is 0 Å². The van der Waals surface area contributed by atoms with Crippen molar-refractivity contribution >= 4 is 17.6 Å². The monoisotopic (exact) mass is 264 g/mol. The highest BCUT2D eigenvalue weighted by molar-refractivity contribution is 5.90. The van der Waals surface area contributed by atoms with Crippen molar-refractivity contribution in [2.75, 3.05) is 25.5 Å². The van der Waals surface area contributed by atoms with Gasteiger partial charge in [-0.15, -0.1) is 0 Å². The Hall–Kier alpha value is -2.04. The summed E-state index contributed by atoms with van der Waals surface area (Å²) in [4.78, 5) is 22.7. The Morgan fingerprint density at radius 1 is 1.26 bits per heavy atom. The van der Waals surface area contributed by atoms with Gasteiger partial charge in [-0.25, -0.2) is 4.79 Å². The Kier molecular flexibility index (Phi) is 6.43. The second-order valence-electron chi connectivity index (χ2n) is 4.10. The zero-order chi connectivity index (χ0) is 14.1. The molecule has 0 aliphatic carbocycles. The summed E-state index contributed by atoms with van der Waals surface area (Å²) in [7, 11) is 1.35. The van der Waals surface area contributed by atoms with Crippen molar-refractivity contribution in [3.05, 3.63) is 29.8 Å². The Morgan fingerprint density at radius 3 is 2.74 bits per heavy atom. The summed E-state index contributed by atoms with van der Waals surface area (Å²) < 4.78 is 4.65. The highest BCUT2D eigenvalue weighted by atomic mass is 16.5. The van der Waals surface area contributed by atoms with E-state index in [1.807, 2.05) is 13.0 Å². The SMILES string of the molecule is CCCNC(=O)CCNc1cccc(C(=O)OC)c1. The van der Waals surface area contributed by atoms with E-state index in [0.29, 0.717) is 25.1 Å². The lowest BCUT2D eigenvalue weighted by Gasteiger charge is -2.08. The molecule has 1 amide bonds. The van der Waals surface area contributed by atoms with Gasteiger partial charge >= 0.3 is 5.97 Å². The van der Waals surface area contributed by atoms with E-state index in [-0.39, 0.29) is 11.9 Å². The van der Waals surface area contributed by atoms with Gasteiger partial charge in [-0.2, -0.15) is 0 Å². The van der Waals surface area contributed by atoms with Gasteiger partial charge < -0.3 is 15.4 Å². The Bertz CT molecular complexity index is 432. The molecule has 0 unspecified atom stereocenters. The zero-order valence-electron chi connectivity index (χ0n) is 11.4. The van der Waals surface area contributed by atoms with E-state index >= 15 is 0 Å². The minimum absolute atomic E-state index is 0.0264. The van der Waals surface area contributed by atoms with E-state index in [0.717, 1.165) is 12.1 Å². The Morgan fingerprint density at radius 2 is 2.05 bits per heavy atom. The number of methoxy groups -OCH3 is 1. The first kappa shape index (κ1) is 15.0. The molecule has 19 heavy (non-hydrogen) atoms. The number of anilines is 1. The van der Waals surface area contributed by atoms with Gasteiger partial charge in [-0.05, 0) is 24.6 Å². The fraction of sp³-hybridized carbons (Fsp3) is 0.429. The second kappa shape index (κ2) is 8.13. The van der Waals surface area contributed by atoms with Crippen molar-refractivity contribution in [1.29, 1.82) is 0 Å². The lowest BCUT2D eigenvalue weighted by molar-refractivity contribution is -0.120. The normalized spacial score (nSPS) is 9.79. The fourth-order valence-electron chi connectivity index (χ4n) is 1.55. The number of carbonyl (C=O) groups is 2. The van der Waals surface area contributed by atoms with Crippen LogP contribution in [0.1, 0.15) is 30.1 Å². The van der Waals surface area contributed by atoms with Crippen molar-refractivity contribution < 1.29 is 14.3 Å². The third-order valence-electron chi connectivity index (χ3n) is 2.54. The molecule has 0 bridgehead atoms. The number of carbonyl (C=O) groups excluding carboxylic acids is 2. The molecule has 5 nitrogen and oxygen atoms in total. The maximum absolute atomic E-state index is 11.4. The van der Waals surface area contributed by atoms with Crippen LogP contribution in [0.3, 0.4) is 0 Å². The standard InChI is InChI=1S/C14H20N2O3/c1-3-8-16-13(17)7-9-15-12-6-4-5-11(10-12)14(18)19-2/h4-6,10,15H,3,7-9H2,1-2H3,(H,16,17). The fourth-order valence-corrected chi connectivity index (χ4v) is 1.55. The van der Waals surface area contributed by atoms with Crippen molar-refractivity contribution in [1.82, 2.24) is 5.32 Å². The molecule has 1 aromatic carbocycles. The summed E-state index contributed by atoms with van der Waals surface area (Å²) in [6, 6.07) is 7.00. The average Bonchev–Trinajstić information content (AvgIpc) is 2.44. The third-order valence-corrected chi connectivity index (χ3v) is 2.54. The minimum Gasteiger partial charge on any atom is -0.465 e. The first-order chi connectivity index (χ1) is 9.17. The van der Waals surface area contributed by atoms with Crippen LogP contribution in [0.25, 0.3) is 0 Å². The van der Waals surface area contributed by atoms with E-state index in [1.54, 1.807) is 18.2 Å². The summed E-state index contributed by atoms with van der Waals surface area (Å²) in [5, 5.41) is 5.91. The lowest BCUT2D eigenvalue weighted by Crippen LogP contribution is -2.25. The van der Waals surface area contributed by atoms with Crippen molar-refractivity contribution in [3.63, 3.8) is 0 Å². The van der Waals surface area contributed by atoms with Crippen LogP contribution in [0.15, 0.2) is 24.3 Å². The van der Waals surface area contributed by atoms with Crippen LogP contribution in [0.5, 0.6) is 0 Å². The first-order valence-electron chi connectivity index (χ1n) is 6.36. The Balaban J connectivity index is 2.41. The summed E-state index contributed by atoms with van der Waals surface area (Å²) in [5.74, 6) is -0.345. The Labute approximate surface area is 113 Å². The molecule has 1 aromatic rings. The van der Waals surface area contributed by atoms with Crippen LogP contribution in [0.4, 0.5) is 5.69 Å². The van der Waals surface area contributed by atoms with Crippen molar-refractivity contribution in [2.24, 2.45) is 0 Å². The first-order valence-corrected chi connectivity index (χ1v) is 6.36. The molecule has 0 atom stereocenters. The molecule has 0 aliphatic heterocycles. The third kappa shape index (κ3) is 5.42. The molecule has 0 heterocycles. The molecule has 5 heteroatoms. The predicted octanol–water partition coefficient (Wildman–Crippen LogP) is 1.80. The number of ether oxygens (including phenoxy) is 1. The van der Waals surface area contributed by atoms with Crippen LogP contribution >= 0.6 is 0 Å². The second-order valence-corrected chi connectivity index (χ2v) is 4.10. The van der Waals surface area contributed by atoms with Crippen LogP contribution in [-0.4, -0.2) is 32.1 Å². The molecule has 0 saturated heterocycles. The summed E-state index contributed by atoms with van der Waals surface area (Å²) in [5.41, 5.74) is 1.29. The topological polar surface area (TPSA) is 67.4 Å². The van der Waals surface area contributed by atoms with Crippen LogP contribution in [0.2, 0.25) is 0 Å². The highest BCUT2D eigenvalue weighted by Crippen LogP contribution is 2.11. The molecule has 104 valence electrons. The zero-order valence-corrected chi connectivity index (χ0v) is 11.4. The number of hydrogen-bond donors (Lipinski definition) is 2. The molecule has 0 aromatic heterocycles. The number of esters is 1. The maximum Gasteiger partial charge on any atom is 0.337 e. The van der Waals surface area contributed by atoms with Crippen LogP contribution in [0, 0.1) is 0 Å². The van der Waals surface area contributed by atoms with Gasteiger partial charge in [0.2, 0.25) is 5.91 Å². The quantitative estimate of drug-likeness (QED) is 0.737. The molecule has 0 radical (unpaired) electrons. The van der Waals surface area contributed by atoms with Gasteiger partial charge in [0.05, 0.1) is 12.7 Å². The van der Waals surface area contributed by atoms with Crippen molar-refractivity contribution in [3.8, 4) is 0 Å². The smallest absolute Gasteiger partial charge is 0.337 e. The van der Waals surface area contributed by atoms with Gasteiger partial charge in [0.1, 0.15) is 0 Å². The molecular weight excluding hydrogens is 244 g/mol. The van der Waals surface area contributed by atoms with E-state index in [1.165, 1.54) is 7.11 Å². The molecule has 0 aliphatic rings. The maximum atomic E-state index is 11.4. The predicted molar refractivity (Wildman–Crippen MR) is 74.2 cm³/mol. The van der Waals surface area contributed by atoms with Crippen LogP contribution in [-0.2, 0) is 9.53 Å². The van der Waals surface area contributed by atoms with E-state index < -0.39 is 0 Å². The molecule has 0 fully saturated rings.